The molecule has 20 heavy (non-hydrogen) atoms. The second kappa shape index (κ2) is 7.83. The Labute approximate surface area is 125 Å². The second-order valence-corrected chi connectivity index (χ2v) is 6.96. The average molecular weight is 321 g/mol. The highest BCUT2D eigenvalue weighted by molar-refractivity contribution is 7.89. The summed E-state index contributed by atoms with van der Waals surface area (Å²) >= 11 is 5.88. The topological polar surface area (TPSA) is 81.4 Å². The third kappa shape index (κ3) is 5.28. The fourth-order valence-electron chi connectivity index (χ4n) is 1.55. The quantitative estimate of drug-likeness (QED) is 0.568. The molecule has 1 aromatic carbocycles. The molecule has 0 saturated heterocycles. The van der Waals surface area contributed by atoms with Gasteiger partial charge >= 0.3 is 0 Å². The van der Waals surface area contributed by atoms with E-state index in [9.17, 15) is 8.42 Å². The maximum atomic E-state index is 12.1. The van der Waals surface area contributed by atoms with Crippen molar-refractivity contribution in [3.05, 3.63) is 23.2 Å². The Balaban J connectivity index is 2.50. The molecular weight excluding hydrogens is 300 g/mol. The first-order valence-electron chi connectivity index (χ1n) is 6.46. The number of nitrogens with two attached hydrogens (primary N) is 1. The van der Waals surface area contributed by atoms with Crippen LogP contribution in [0.25, 0.3) is 0 Å². The molecule has 0 unspecified atom stereocenters. The third-order valence-corrected chi connectivity index (χ3v) is 4.65. The Morgan fingerprint density at radius 1 is 1.35 bits per heavy atom. The van der Waals surface area contributed by atoms with E-state index in [1.54, 1.807) is 6.07 Å². The number of rotatable bonds is 8. The van der Waals surface area contributed by atoms with Gasteiger partial charge in [-0.2, -0.15) is 0 Å². The standard InChI is InChI=1S/C13H21ClN2O3S/c1-10(2)6-8-19-9-7-16-20(17,18)13-11(14)4-3-5-12(13)15/h3-5,10,16H,6-9,15H2,1-2H3. The summed E-state index contributed by atoms with van der Waals surface area (Å²) in [5, 5.41) is 0.109. The van der Waals surface area contributed by atoms with Crippen LogP contribution in [0.5, 0.6) is 0 Å². The van der Waals surface area contributed by atoms with Gasteiger partial charge in [-0.25, -0.2) is 13.1 Å². The molecule has 0 fully saturated rings. The summed E-state index contributed by atoms with van der Waals surface area (Å²) in [5.41, 5.74) is 5.79. The number of nitrogens with one attached hydrogen (secondary N) is 1. The van der Waals surface area contributed by atoms with Gasteiger partial charge in [-0.1, -0.05) is 31.5 Å². The van der Waals surface area contributed by atoms with Crippen LogP contribution in [0.4, 0.5) is 5.69 Å². The van der Waals surface area contributed by atoms with Crippen molar-refractivity contribution in [2.24, 2.45) is 5.92 Å². The molecule has 0 bridgehead atoms. The number of anilines is 1. The Morgan fingerprint density at radius 2 is 2.05 bits per heavy atom. The lowest BCUT2D eigenvalue weighted by atomic mass is 10.1. The summed E-state index contributed by atoms with van der Waals surface area (Å²) in [7, 11) is -3.71. The lowest BCUT2D eigenvalue weighted by molar-refractivity contribution is 0.128. The Kier molecular flexibility index (Phi) is 6.75. The van der Waals surface area contributed by atoms with E-state index >= 15 is 0 Å². The first-order chi connectivity index (χ1) is 9.34. The van der Waals surface area contributed by atoms with Crippen LogP contribution in [0.2, 0.25) is 5.02 Å². The number of benzene rings is 1. The number of sulfonamides is 1. The van der Waals surface area contributed by atoms with Crippen molar-refractivity contribution in [2.45, 2.75) is 25.2 Å². The lowest BCUT2D eigenvalue weighted by Gasteiger charge is -2.11. The van der Waals surface area contributed by atoms with Gasteiger partial charge in [0.05, 0.1) is 17.3 Å². The zero-order chi connectivity index (χ0) is 15.2. The van der Waals surface area contributed by atoms with Crippen molar-refractivity contribution in [3.8, 4) is 0 Å². The van der Waals surface area contributed by atoms with E-state index in [0.29, 0.717) is 19.1 Å². The SMILES string of the molecule is CC(C)CCOCCNS(=O)(=O)c1c(N)cccc1Cl. The highest BCUT2D eigenvalue weighted by Gasteiger charge is 2.20. The Morgan fingerprint density at radius 3 is 2.65 bits per heavy atom. The van der Waals surface area contributed by atoms with Crippen LogP contribution in [0.3, 0.4) is 0 Å². The maximum absolute atomic E-state index is 12.1. The summed E-state index contributed by atoms with van der Waals surface area (Å²) in [4.78, 5) is -0.0798. The van der Waals surface area contributed by atoms with Crippen molar-refractivity contribution in [1.29, 1.82) is 0 Å². The fraction of sp³-hybridized carbons (Fsp3) is 0.538. The number of halogens is 1. The van der Waals surface area contributed by atoms with Gasteiger partial charge in [0, 0.05) is 13.2 Å². The van der Waals surface area contributed by atoms with Crippen LogP contribution >= 0.6 is 11.6 Å². The molecule has 5 nitrogen and oxygen atoms in total. The van der Waals surface area contributed by atoms with Crippen molar-refractivity contribution < 1.29 is 13.2 Å². The van der Waals surface area contributed by atoms with E-state index in [4.69, 9.17) is 22.1 Å². The summed E-state index contributed by atoms with van der Waals surface area (Å²) in [6.45, 7) is 5.33. The van der Waals surface area contributed by atoms with E-state index in [-0.39, 0.29) is 22.2 Å². The van der Waals surface area contributed by atoms with Crippen LogP contribution in [0.1, 0.15) is 20.3 Å². The highest BCUT2D eigenvalue weighted by Crippen LogP contribution is 2.26. The molecule has 0 spiro atoms. The smallest absolute Gasteiger partial charge is 0.244 e. The van der Waals surface area contributed by atoms with Gasteiger partial charge in [-0.3, -0.25) is 0 Å². The molecule has 1 aromatic rings. The van der Waals surface area contributed by atoms with Crippen molar-refractivity contribution >= 4 is 27.3 Å². The van der Waals surface area contributed by atoms with Crippen molar-refractivity contribution in [3.63, 3.8) is 0 Å². The second-order valence-electron chi connectivity index (χ2n) is 4.85. The normalized spacial score (nSPS) is 12.0. The van der Waals surface area contributed by atoms with E-state index in [0.717, 1.165) is 6.42 Å². The van der Waals surface area contributed by atoms with Crippen molar-refractivity contribution in [2.75, 3.05) is 25.5 Å². The minimum Gasteiger partial charge on any atom is -0.398 e. The first-order valence-corrected chi connectivity index (χ1v) is 8.32. The van der Waals surface area contributed by atoms with E-state index in [1.807, 2.05) is 0 Å². The summed E-state index contributed by atoms with van der Waals surface area (Å²) in [6, 6.07) is 4.59. The molecule has 114 valence electrons. The third-order valence-electron chi connectivity index (χ3n) is 2.64. The summed E-state index contributed by atoms with van der Waals surface area (Å²) < 4.78 is 31.9. The highest BCUT2D eigenvalue weighted by atomic mass is 35.5. The summed E-state index contributed by atoms with van der Waals surface area (Å²) in [6.07, 6.45) is 0.949. The zero-order valence-electron chi connectivity index (χ0n) is 11.7. The summed E-state index contributed by atoms with van der Waals surface area (Å²) in [5.74, 6) is 0.564. The minimum atomic E-state index is -3.71. The van der Waals surface area contributed by atoms with Crippen LogP contribution in [-0.2, 0) is 14.8 Å². The molecule has 0 amide bonds. The van der Waals surface area contributed by atoms with Gasteiger partial charge in [0.25, 0.3) is 0 Å². The minimum absolute atomic E-state index is 0.0798. The van der Waals surface area contributed by atoms with E-state index in [2.05, 4.69) is 18.6 Å². The number of hydrogen-bond acceptors (Lipinski definition) is 4. The molecular formula is C13H21ClN2O3S. The predicted molar refractivity (Wildman–Crippen MR) is 81.3 cm³/mol. The predicted octanol–water partition coefficient (Wildman–Crippen LogP) is 2.26. The van der Waals surface area contributed by atoms with Crippen LogP contribution in [0, 0.1) is 5.92 Å². The monoisotopic (exact) mass is 320 g/mol. The lowest BCUT2D eigenvalue weighted by Crippen LogP contribution is -2.28. The van der Waals surface area contributed by atoms with Gasteiger partial charge in [0.1, 0.15) is 4.90 Å². The largest absolute Gasteiger partial charge is 0.398 e. The molecule has 3 N–H and O–H groups in total. The Bertz CT molecular complexity index is 512. The molecule has 0 aliphatic carbocycles. The van der Waals surface area contributed by atoms with Crippen molar-refractivity contribution in [1.82, 2.24) is 4.72 Å². The first kappa shape index (κ1) is 17.2. The number of nitrogen functional groups attached to an aromatic ring is 1. The van der Waals surface area contributed by atoms with Gasteiger partial charge in [-0.05, 0) is 24.5 Å². The van der Waals surface area contributed by atoms with Crippen LogP contribution in [-0.4, -0.2) is 28.2 Å². The van der Waals surface area contributed by atoms with Crippen LogP contribution in [0.15, 0.2) is 23.1 Å². The maximum Gasteiger partial charge on any atom is 0.244 e. The molecule has 1 rings (SSSR count). The molecule has 0 atom stereocenters. The van der Waals surface area contributed by atoms with E-state index in [1.165, 1.54) is 12.1 Å². The number of ether oxygens (including phenoxy) is 1. The molecule has 0 radical (unpaired) electrons. The molecule has 0 aromatic heterocycles. The fourth-order valence-corrected chi connectivity index (χ4v) is 3.24. The average Bonchev–Trinajstić information content (AvgIpc) is 2.32. The van der Waals surface area contributed by atoms with E-state index < -0.39 is 10.0 Å². The van der Waals surface area contributed by atoms with Gasteiger partial charge in [0.2, 0.25) is 10.0 Å². The van der Waals surface area contributed by atoms with Gasteiger partial charge < -0.3 is 10.5 Å². The Hall–Kier alpha value is -0.820. The number of hydrogen-bond donors (Lipinski definition) is 2. The molecule has 0 saturated carbocycles. The molecule has 0 aliphatic heterocycles. The molecule has 0 heterocycles. The van der Waals surface area contributed by atoms with Gasteiger partial charge in [0.15, 0.2) is 0 Å². The molecule has 7 heteroatoms. The zero-order valence-corrected chi connectivity index (χ0v) is 13.3. The molecule has 0 aliphatic rings. The van der Waals surface area contributed by atoms with Crippen LogP contribution < -0.4 is 10.5 Å². The van der Waals surface area contributed by atoms with Gasteiger partial charge in [-0.15, -0.1) is 0 Å².